The van der Waals surface area contributed by atoms with Gasteiger partial charge in [-0.3, -0.25) is 14.3 Å². The monoisotopic (exact) mass is 577 g/mol. The zero-order valence-corrected chi connectivity index (χ0v) is 20.5. The largest absolute Gasteiger partial charge is 0.488 e. The fourth-order valence-corrected chi connectivity index (χ4v) is 6.98. The van der Waals surface area contributed by atoms with E-state index in [4.69, 9.17) is 35.9 Å². The first kappa shape index (κ1) is 28.0. The van der Waals surface area contributed by atoms with Crippen molar-refractivity contribution in [2.45, 2.75) is 24.5 Å². The van der Waals surface area contributed by atoms with Crippen LogP contribution in [0.15, 0.2) is 11.1 Å². The molecule has 1 saturated heterocycles. The smallest absolute Gasteiger partial charge is 0.387 e. The summed E-state index contributed by atoms with van der Waals surface area (Å²) in [7, 11) is -11.0. The molecular formula is C13H18N5O13P3S. The van der Waals surface area contributed by atoms with E-state index < -0.39 is 59.1 Å². The molecule has 3 heterocycles. The Balaban J connectivity index is 1.81. The minimum absolute atomic E-state index is 0.0225. The number of hydrogen-bond acceptors (Lipinski definition) is 13. The molecule has 0 aliphatic carbocycles. The third-order valence-corrected chi connectivity index (χ3v) is 8.93. The van der Waals surface area contributed by atoms with Gasteiger partial charge in [0.1, 0.15) is 24.9 Å². The molecule has 0 amide bonds. The highest BCUT2D eigenvalue weighted by Crippen LogP contribution is 2.66. The number of imidazole rings is 1. The first-order chi connectivity index (χ1) is 16.1. The number of terminal acetylenes is 1. The molecule has 0 spiro atoms. The second-order valence-corrected chi connectivity index (χ2v) is 12.5. The summed E-state index contributed by atoms with van der Waals surface area (Å²) in [5, 5.41) is 10.7. The van der Waals surface area contributed by atoms with E-state index in [1.807, 2.05) is 0 Å². The fourth-order valence-electron chi connectivity index (χ4n) is 3.00. The molecule has 22 heteroatoms. The lowest BCUT2D eigenvalue weighted by Crippen LogP contribution is -2.36. The molecule has 2 aromatic heterocycles. The summed E-state index contributed by atoms with van der Waals surface area (Å²) in [5.41, 5.74) is 4.81. The number of nitrogen functional groups attached to an aromatic ring is 1. The quantitative estimate of drug-likeness (QED) is 0.124. The Morgan fingerprint density at radius 2 is 2.00 bits per heavy atom. The predicted molar refractivity (Wildman–Crippen MR) is 118 cm³/mol. The van der Waals surface area contributed by atoms with Crippen molar-refractivity contribution < 1.29 is 56.4 Å². The number of anilines is 1. The number of H-pyrrole nitrogens is 1. The molecular weight excluding hydrogens is 559 g/mol. The summed E-state index contributed by atoms with van der Waals surface area (Å²) < 4.78 is 47.3. The zero-order chi connectivity index (χ0) is 26.2. The Labute approximate surface area is 200 Å². The molecule has 6 atom stereocenters. The molecule has 0 radical (unpaired) electrons. The molecule has 2 aromatic rings. The minimum Gasteiger partial charge on any atom is -0.387 e. The molecule has 194 valence electrons. The van der Waals surface area contributed by atoms with Gasteiger partial charge in [0.25, 0.3) is 5.56 Å². The Kier molecular flexibility index (Phi) is 8.34. The summed E-state index contributed by atoms with van der Waals surface area (Å²) in [6.07, 6.45) is 1.13. The number of aromatic nitrogens is 4. The SMILES string of the molecule is C#CCOC1C(O)C(COP(O)(=S)OP(=O)(O)OP(=O)(O)O)OC1n1cnc2c(=O)[nH]c(N)nc21. The van der Waals surface area contributed by atoms with Crippen LogP contribution in [0.3, 0.4) is 0 Å². The van der Waals surface area contributed by atoms with Gasteiger partial charge in [-0.25, -0.2) is 18.4 Å². The van der Waals surface area contributed by atoms with Crippen LogP contribution in [0.5, 0.6) is 0 Å². The Morgan fingerprint density at radius 1 is 1.31 bits per heavy atom. The van der Waals surface area contributed by atoms with Crippen molar-refractivity contribution in [3.63, 3.8) is 0 Å². The van der Waals surface area contributed by atoms with E-state index in [0.29, 0.717) is 0 Å². The number of phosphoric acid groups is 2. The van der Waals surface area contributed by atoms with Crippen LogP contribution in [0.25, 0.3) is 11.2 Å². The van der Waals surface area contributed by atoms with E-state index in [9.17, 15) is 28.8 Å². The third-order valence-electron chi connectivity index (χ3n) is 4.21. The average molecular weight is 577 g/mol. The van der Waals surface area contributed by atoms with E-state index in [1.165, 1.54) is 10.9 Å². The Morgan fingerprint density at radius 3 is 2.63 bits per heavy atom. The lowest BCUT2D eigenvalue weighted by molar-refractivity contribution is -0.0625. The van der Waals surface area contributed by atoms with Gasteiger partial charge in [-0.1, -0.05) is 5.92 Å². The van der Waals surface area contributed by atoms with E-state index in [-0.39, 0.29) is 23.7 Å². The lowest BCUT2D eigenvalue weighted by Gasteiger charge is -2.21. The van der Waals surface area contributed by atoms with Crippen LogP contribution < -0.4 is 11.3 Å². The van der Waals surface area contributed by atoms with Gasteiger partial charge in [-0.05, 0) is 11.8 Å². The van der Waals surface area contributed by atoms with E-state index in [2.05, 4.69) is 41.3 Å². The summed E-state index contributed by atoms with van der Waals surface area (Å²) in [5.74, 6) is 1.98. The number of nitrogens with two attached hydrogens (primary N) is 1. The van der Waals surface area contributed by atoms with Crippen LogP contribution in [0.4, 0.5) is 5.95 Å². The summed E-state index contributed by atoms with van der Waals surface area (Å²) in [6.45, 7) is -5.69. The van der Waals surface area contributed by atoms with Gasteiger partial charge in [0.15, 0.2) is 17.4 Å². The molecule has 0 aromatic carbocycles. The lowest BCUT2D eigenvalue weighted by atomic mass is 10.1. The molecule has 6 unspecified atom stereocenters. The van der Waals surface area contributed by atoms with Gasteiger partial charge < -0.3 is 44.4 Å². The van der Waals surface area contributed by atoms with Gasteiger partial charge in [-0.2, -0.15) is 9.29 Å². The summed E-state index contributed by atoms with van der Waals surface area (Å²) in [6, 6.07) is 0. The van der Waals surface area contributed by atoms with Gasteiger partial charge in [0, 0.05) is 0 Å². The summed E-state index contributed by atoms with van der Waals surface area (Å²) in [4.78, 5) is 58.8. The number of nitrogens with zero attached hydrogens (tertiary/aromatic N) is 3. The molecule has 35 heavy (non-hydrogen) atoms. The molecule has 0 bridgehead atoms. The van der Waals surface area contributed by atoms with E-state index in [0.717, 1.165) is 0 Å². The highest BCUT2D eigenvalue weighted by molar-refractivity contribution is 8.08. The molecule has 3 rings (SSSR count). The topological polar surface area (TPSA) is 271 Å². The first-order valence-electron chi connectivity index (χ1n) is 9.02. The van der Waals surface area contributed by atoms with Crippen molar-refractivity contribution in [1.82, 2.24) is 19.5 Å². The van der Waals surface area contributed by atoms with Gasteiger partial charge in [0.05, 0.1) is 12.9 Å². The maximum atomic E-state index is 12.1. The van der Waals surface area contributed by atoms with Crippen LogP contribution >= 0.6 is 22.4 Å². The Bertz CT molecular complexity index is 1340. The number of aromatic amines is 1. The number of ether oxygens (including phenoxy) is 2. The predicted octanol–water partition coefficient (Wildman–Crippen LogP) is -1.56. The second kappa shape index (κ2) is 10.4. The molecule has 1 aliphatic rings. The molecule has 18 nitrogen and oxygen atoms in total. The van der Waals surface area contributed by atoms with Crippen molar-refractivity contribution in [3.05, 3.63) is 16.7 Å². The highest BCUT2D eigenvalue weighted by Gasteiger charge is 2.47. The van der Waals surface area contributed by atoms with Crippen LogP contribution in [0, 0.1) is 12.3 Å². The number of rotatable bonds is 10. The van der Waals surface area contributed by atoms with Crippen LogP contribution in [0.1, 0.15) is 6.23 Å². The number of nitrogens with one attached hydrogen (secondary N) is 1. The number of aliphatic hydroxyl groups excluding tert-OH is 1. The fraction of sp³-hybridized carbons (Fsp3) is 0.462. The van der Waals surface area contributed by atoms with Gasteiger partial charge in [0.2, 0.25) is 5.95 Å². The number of aliphatic hydroxyl groups is 1. The first-order valence-corrected chi connectivity index (χ1v) is 14.6. The number of fused-ring (bicyclic) bond motifs is 1. The molecule has 1 fully saturated rings. The second-order valence-electron chi connectivity index (χ2n) is 6.70. The maximum Gasteiger partial charge on any atom is 0.488 e. The standard InChI is InChI=1S/C13H18N5O13P3S/c1-2-3-27-9-8(19)6(4-28-34(26,35)31-33(24,25)30-32(21,22)23)29-12(9)18-5-15-7-10(18)16-13(14)17-11(7)20/h1,5-6,8-9,12,19H,3-4H2,(H,24,25)(H,26,35)(H2,21,22,23)(H3,14,16,17,20). The normalized spacial score (nSPS) is 26.3. The molecule has 0 saturated carbocycles. The van der Waals surface area contributed by atoms with Crippen molar-refractivity contribution >= 4 is 51.3 Å². The molecule has 1 aliphatic heterocycles. The highest BCUT2D eigenvalue weighted by atomic mass is 32.5. The maximum absolute atomic E-state index is 12.1. The number of hydrogen-bond donors (Lipinski definition) is 7. The van der Waals surface area contributed by atoms with Crippen molar-refractivity contribution in [2.24, 2.45) is 0 Å². The molecule has 8 N–H and O–H groups in total. The van der Waals surface area contributed by atoms with Crippen molar-refractivity contribution in [2.75, 3.05) is 18.9 Å². The van der Waals surface area contributed by atoms with E-state index in [1.54, 1.807) is 0 Å². The summed E-state index contributed by atoms with van der Waals surface area (Å²) >= 11 is 4.54. The van der Waals surface area contributed by atoms with Crippen molar-refractivity contribution in [1.29, 1.82) is 0 Å². The third kappa shape index (κ3) is 7.01. The van der Waals surface area contributed by atoms with E-state index >= 15 is 0 Å². The van der Waals surface area contributed by atoms with Crippen LogP contribution in [0.2, 0.25) is 0 Å². The van der Waals surface area contributed by atoms with Crippen LogP contribution in [-0.2, 0) is 43.6 Å². The minimum atomic E-state index is -5.54. The van der Waals surface area contributed by atoms with Gasteiger partial charge in [-0.15, -0.1) is 6.42 Å². The Hall–Kier alpha value is -1.58. The van der Waals surface area contributed by atoms with Crippen molar-refractivity contribution in [3.8, 4) is 12.3 Å². The zero-order valence-electron chi connectivity index (χ0n) is 17.0. The van der Waals surface area contributed by atoms with Gasteiger partial charge >= 0.3 is 22.4 Å². The van der Waals surface area contributed by atoms with Crippen LogP contribution in [-0.4, -0.2) is 75.7 Å². The average Bonchev–Trinajstić information content (AvgIpc) is 3.23.